The number of unbranched alkanes of at least 4 members (excludes halogenated alkanes) is 2. The number of aliphatic carboxylic acids is 1. The van der Waals surface area contributed by atoms with Crippen LogP contribution < -0.4 is 10.6 Å². The van der Waals surface area contributed by atoms with Crippen molar-refractivity contribution in [1.29, 1.82) is 0 Å². The van der Waals surface area contributed by atoms with E-state index in [2.05, 4.69) is 17.6 Å². The topological polar surface area (TPSA) is 105 Å². The molecule has 3 N–H and O–H groups in total. The van der Waals surface area contributed by atoms with E-state index >= 15 is 0 Å². The molecule has 0 spiro atoms. The Morgan fingerprint density at radius 1 is 1.19 bits per heavy atom. The second-order valence-electron chi connectivity index (χ2n) is 7.10. The summed E-state index contributed by atoms with van der Waals surface area (Å²) in [6, 6.07) is -1.01. The highest BCUT2D eigenvalue weighted by atomic mass is 16.5. The number of carbonyl (C=O) groups is 3. The third-order valence-electron chi connectivity index (χ3n) is 4.85. The highest BCUT2D eigenvalue weighted by Gasteiger charge is 2.38. The molecule has 7 nitrogen and oxygen atoms in total. The molecule has 0 bridgehead atoms. The molecule has 0 saturated carbocycles. The molecule has 1 rings (SSSR count). The Morgan fingerprint density at radius 2 is 1.85 bits per heavy atom. The number of hydrogen-bond acceptors (Lipinski definition) is 4. The Kier molecular flexibility index (Phi) is 10.1. The Labute approximate surface area is 161 Å². The number of rotatable bonds is 11. The van der Waals surface area contributed by atoms with E-state index in [1.165, 1.54) is 6.92 Å². The second kappa shape index (κ2) is 11.7. The molecule has 0 heterocycles. The summed E-state index contributed by atoms with van der Waals surface area (Å²) in [6.07, 6.45) is 5.81. The minimum absolute atomic E-state index is 0.0449. The molecule has 1 aliphatic rings. The first-order chi connectivity index (χ1) is 12.8. The Hall–Kier alpha value is -1.89. The fourth-order valence-corrected chi connectivity index (χ4v) is 3.32. The van der Waals surface area contributed by atoms with Crippen LogP contribution in [-0.2, 0) is 19.1 Å². The summed E-state index contributed by atoms with van der Waals surface area (Å²) in [5, 5.41) is 15.2. The van der Waals surface area contributed by atoms with Gasteiger partial charge in [-0.3, -0.25) is 9.59 Å². The molecule has 0 fully saturated rings. The van der Waals surface area contributed by atoms with E-state index in [9.17, 15) is 19.5 Å². The van der Waals surface area contributed by atoms with Crippen LogP contribution in [0, 0.1) is 0 Å². The van der Waals surface area contributed by atoms with Crippen molar-refractivity contribution < 1.29 is 24.2 Å². The number of nitrogens with one attached hydrogen (secondary N) is 2. The zero-order valence-corrected chi connectivity index (χ0v) is 16.9. The lowest BCUT2D eigenvalue weighted by Crippen LogP contribution is -2.59. The van der Waals surface area contributed by atoms with E-state index in [0.29, 0.717) is 6.42 Å². The maximum Gasteiger partial charge on any atom is 0.331 e. The highest BCUT2D eigenvalue weighted by molar-refractivity contribution is 5.87. The lowest BCUT2D eigenvalue weighted by molar-refractivity contribution is -0.134. The SMILES string of the molecule is CCCCCC(=O)N[C@H]1CC(C(=O)O)=C[C@@H](OC(CC)CC)[C@@H]1NC(C)=O. The van der Waals surface area contributed by atoms with Crippen molar-refractivity contribution in [2.24, 2.45) is 0 Å². The number of carboxylic acid groups (broad SMARTS) is 1. The first kappa shape index (κ1) is 23.1. The lowest BCUT2D eigenvalue weighted by atomic mass is 9.87. The number of amides is 2. The molecule has 3 atom stereocenters. The van der Waals surface area contributed by atoms with Crippen LogP contribution in [0.3, 0.4) is 0 Å². The van der Waals surface area contributed by atoms with Gasteiger partial charge in [0.1, 0.15) is 0 Å². The van der Waals surface area contributed by atoms with E-state index in [0.717, 1.165) is 32.1 Å². The van der Waals surface area contributed by atoms with E-state index in [-0.39, 0.29) is 29.9 Å². The van der Waals surface area contributed by atoms with Crippen LogP contribution in [0.25, 0.3) is 0 Å². The number of ether oxygens (including phenoxy) is 1. The van der Waals surface area contributed by atoms with Gasteiger partial charge in [-0.2, -0.15) is 0 Å². The minimum atomic E-state index is -1.03. The standard InChI is InChI=1S/C20H34N2O5/c1-5-8-9-10-18(24)22-16-11-14(20(25)26)12-17(19(16)21-13(4)23)27-15(6-2)7-3/h12,15-17,19H,5-11H2,1-4H3,(H,21,23)(H,22,24)(H,25,26)/t16-,17+,19+/m0/s1. The van der Waals surface area contributed by atoms with Gasteiger partial charge >= 0.3 is 5.97 Å². The molecule has 0 aromatic carbocycles. The smallest absolute Gasteiger partial charge is 0.331 e. The fraction of sp³-hybridized carbons (Fsp3) is 0.750. The zero-order chi connectivity index (χ0) is 20.4. The van der Waals surface area contributed by atoms with Crippen molar-refractivity contribution >= 4 is 17.8 Å². The van der Waals surface area contributed by atoms with E-state index < -0.39 is 24.2 Å². The number of hydrogen-bond donors (Lipinski definition) is 3. The molecule has 7 heteroatoms. The molecule has 0 saturated heterocycles. The quantitative estimate of drug-likeness (QED) is 0.476. The average molecular weight is 383 g/mol. The average Bonchev–Trinajstić information content (AvgIpc) is 2.61. The molecule has 0 aliphatic heterocycles. The Balaban J connectivity index is 3.02. The van der Waals surface area contributed by atoms with Gasteiger partial charge in [0, 0.05) is 25.3 Å². The molecule has 0 unspecified atom stereocenters. The summed E-state index contributed by atoms with van der Waals surface area (Å²) >= 11 is 0. The van der Waals surface area contributed by atoms with Crippen LogP contribution in [0.5, 0.6) is 0 Å². The van der Waals surface area contributed by atoms with Crippen molar-refractivity contribution in [2.75, 3.05) is 0 Å². The number of carboxylic acids is 1. The van der Waals surface area contributed by atoms with Gasteiger partial charge in [-0.1, -0.05) is 33.6 Å². The second-order valence-corrected chi connectivity index (χ2v) is 7.10. The summed E-state index contributed by atoms with van der Waals surface area (Å²) in [5.74, 6) is -1.40. The van der Waals surface area contributed by atoms with Gasteiger partial charge in [-0.25, -0.2) is 4.79 Å². The fourth-order valence-electron chi connectivity index (χ4n) is 3.32. The summed E-state index contributed by atoms with van der Waals surface area (Å²) in [6.45, 7) is 7.47. The summed E-state index contributed by atoms with van der Waals surface area (Å²) in [4.78, 5) is 35.6. The van der Waals surface area contributed by atoms with Gasteiger partial charge in [0.2, 0.25) is 11.8 Å². The highest BCUT2D eigenvalue weighted by Crippen LogP contribution is 2.24. The summed E-state index contributed by atoms with van der Waals surface area (Å²) < 4.78 is 6.09. The van der Waals surface area contributed by atoms with Gasteiger partial charge in [-0.05, 0) is 25.3 Å². The van der Waals surface area contributed by atoms with Crippen LogP contribution in [0.4, 0.5) is 0 Å². The maximum absolute atomic E-state index is 12.3. The first-order valence-corrected chi connectivity index (χ1v) is 9.98. The molecule has 0 radical (unpaired) electrons. The van der Waals surface area contributed by atoms with E-state index in [4.69, 9.17) is 4.74 Å². The molecule has 0 aromatic rings. The van der Waals surface area contributed by atoms with Crippen molar-refractivity contribution in [3.63, 3.8) is 0 Å². The third kappa shape index (κ3) is 7.71. The van der Waals surface area contributed by atoms with Crippen LogP contribution in [0.2, 0.25) is 0 Å². The Morgan fingerprint density at radius 3 is 2.37 bits per heavy atom. The van der Waals surface area contributed by atoms with E-state index in [1.54, 1.807) is 6.08 Å². The van der Waals surface area contributed by atoms with Crippen LogP contribution in [0.1, 0.15) is 72.6 Å². The van der Waals surface area contributed by atoms with E-state index in [1.807, 2.05) is 13.8 Å². The Bertz CT molecular complexity index is 542. The van der Waals surface area contributed by atoms with Crippen molar-refractivity contribution in [3.8, 4) is 0 Å². The van der Waals surface area contributed by atoms with Crippen LogP contribution in [-0.4, -0.2) is 47.2 Å². The van der Waals surface area contributed by atoms with Gasteiger partial charge in [0.05, 0.1) is 24.3 Å². The third-order valence-corrected chi connectivity index (χ3v) is 4.85. The van der Waals surface area contributed by atoms with Crippen molar-refractivity contribution in [1.82, 2.24) is 10.6 Å². The first-order valence-electron chi connectivity index (χ1n) is 9.98. The minimum Gasteiger partial charge on any atom is -0.478 e. The van der Waals surface area contributed by atoms with Gasteiger partial charge in [-0.15, -0.1) is 0 Å². The molecule has 27 heavy (non-hydrogen) atoms. The van der Waals surface area contributed by atoms with Gasteiger partial charge < -0.3 is 20.5 Å². The normalized spacial score (nSPS) is 22.3. The molecular formula is C20H34N2O5. The maximum atomic E-state index is 12.3. The number of carbonyl (C=O) groups excluding carboxylic acids is 2. The van der Waals surface area contributed by atoms with Crippen LogP contribution in [0.15, 0.2) is 11.6 Å². The van der Waals surface area contributed by atoms with Gasteiger partial charge in [0.15, 0.2) is 0 Å². The molecular weight excluding hydrogens is 348 g/mol. The molecule has 2 amide bonds. The summed E-state index contributed by atoms with van der Waals surface area (Å²) in [5.41, 5.74) is 0.200. The van der Waals surface area contributed by atoms with Gasteiger partial charge in [0.25, 0.3) is 0 Å². The zero-order valence-electron chi connectivity index (χ0n) is 16.9. The molecule has 0 aromatic heterocycles. The van der Waals surface area contributed by atoms with Crippen LogP contribution >= 0.6 is 0 Å². The molecule has 1 aliphatic carbocycles. The summed E-state index contributed by atoms with van der Waals surface area (Å²) in [7, 11) is 0. The predicted molar refractivity (Wildman–Crippen MR) is 103 cm³/mol. The largest absolute Gasteiger partial charge is 0.478 e. The predicted octanol–water partition coefficient (Wildman–Crippen LogP) is 2.54. The lowest BCUT2D eigenvalue weighted by Gasteiger charge is -2.38. The monoisotopic (exact) mass is 382 g/mol. The van der Waals surface area contributed by atoms with Crippen molar-refractivity contribution in [2.45, 2.75) is 96.9 Å². The molecule has 154 valence electrons. The van der Waals surface area contributed by atoms with Crippen molar-refractivity contribution in [3.05, 3.63) is 11.6 Å².